The molecule has 2 atom stereocenters. The normalized spacial score (nSPS) is 15.8. The van der Waals surface area contributed by atoms with Crippen molar-refractivity contribution in [2.45, 2.75) is 32.5 Å². The third kappa shape index (κ3) is 4.74. The lowest BCUT2D eigenvalue weighted by molar-refractivity contribution is 0.201. The van der Waals surface area contributed by atoms with Gasteiger partial charge in [-0.05, 0) is 35.8 Å². The van der Waals surface area contributed by atoms with E-state index in [-0.39, 0.29) is 6.04 Å². The van der Waals surface area contributed by atoms with E-state index in [2.05, 4.69) is 21.0 Å². The minimum atomic E-state index is -3.45. The van der Waals surface area contributed by atoms with Crippen LogP contribution in [0.4, 0.5) is 0 Å². The zero-order chi connectivity index (χ0) is 13.2. The fourth-order valence-electron chi connectivity index (χ4n) is 1.48. The molecule has 98 valence electrons. The predicted molar refractivity (Wildman–Crippen MR) is 67.9 cm³/mol. The van der Waals surface area contributed by atoms with Crippen molar-refractivity contribution in [1.82, 2.24) is 9.78 Å². The van der Waals surface area contributed by atoms with Gasteiger partial charge in [-0.1, -0.05) is 0 Å². The molecule has 2 N–H and O–H groups in total. The Labute approximate surface area is 109 Å². The highest BCUT2D eigenvalue weighted by Crippen LogP contribution is 2.17. The van der Waals surface area contributed by atoms with E-state index in [1.54, 1.807) is 17.7 Å². The highest BCUT2D eigenvalue weighted by atomic mass is 79.9. The summed E-state index contributed by atoms with van der Waals surface area (Å²) in [6.07, 6.45) is 0.531. The fourth-order valence-corrected chi connectivity index (χ4v) is 2.57. The molecule has 0 aliphatic rings. The van der Waals surface area contributed by atoms with E-state index in [1.165, 1.54) is 0 Å². The molecule has 8 heteroatoms. The minimum Gasteiger partial charge on any atom is -0.323 e. The monoisotopic (exact) mass is 325 g/mol. The van der Waals surface area contributed by atoms with Gasteiger partial charge in [0.2, 0.25) is 0 Å². The largest absolute Gasteiger partial charge is 0.323 e. The van der Waals surface area contributed by atoms with Gasteiger partial charge in [-0.2, -0.15) is 13.5 Å². The molecule has 1 heterocycles. The average molecular weight is 326 g/mol. The van der Waals surface area contributed by atoms with Crippen molar-refractivity contribution in [3.8, 4) is 0 Å². The first-order valence-electron chi connectivity index (χ1n) is 5.06. The van der Waals surface area contributed by atoms with Crippen LogP contribution in [0.5, 0.6) is 0 Å². The number of halogens is 1. The van der Waals surface area contributed by atoms with Crippen LogP contribution in [0.15, 0.2) is 10.7 Å². The molecule has 0 fully saturated rings. The number of aromatic nitrogens is 2. The molecule has 1 aromatic rings. The van der Waals surface area contributed by atoms with Crippen molar-refractivity contribution in [1.29, 1.82) is 0 Å². The van der Waals surface area contributed by atoms with E-state index in [1.807, 2.05) is 6.92 Å². The van der Waals surface area contributed by atoms with Gasteiger partial charge in [0.25, 0.3) is 10.1 Å². The second kappa shape index (κ2) is 5.47. The van der Waals surface area contributed by atoms with Crippen molar-refractivity contribution in [3.63, 3.8) is 0 Å². The van der Waals surface area contributed by atoms with Crippen molar-refractivity contribution in [2.75, 3.05) is 6.26 Å². The Morgan fingerprint density at radius 1 is 1.59 bits per heavy atom. The maximum Gasteiger partial charge on any atom is 0.264 e. The van der Waals surface area contributed by atoms with Gasteiger partial charge in [0, 0.05) is 6.04 Å². The van der Waals surface area contributed by atoms with Crippen LogP contribution < -0.4 is 5.73 Å². The summed E-state index contributed by atoms with van der Waals surface area (Å²) in [5.41, 5.74) is 6.61. The predicted octanol–water partition coefficient (Wildman–Crippen LogP) is 1.03. The second-order valence-corrected chi connectivity index (χ2v) is 6.39. The SMILES string of the molecule is C[C@H](N)c1cc(Br)nn1C[C@H](C)OS(C)(=O)=O. The van der Waals surface area contributed by atoms with Crippen molar-refractivity contribution in [2.24, 2.45) is 5.73 Å². The maximum absolute atomic E-state index is 11.0. The molecular formula is C9H16BrN3O3S. The van der Waals surface area contributed by atoms with E-state index >= 15 is 0 Å². The number of hydrogen-bond donors (Lipinski definition) is 1. The van der Waals surface area contributed by atoms with Gasteiger partial charge in [-0.3, -0.25) is 8.86 Å². The molecule has 0 saturated carbocycles. The summed E-state index contributed by atoms with van der Waals surface area (Å²) in [7, 11) is -3.45. The lowest BCUT2D eigenvalue weighted by atomic mass is 10.2. The fraction of sp³-hybridized carbons (Fsp3) is 0.667. The summed E-state index contributed by atoms with van der Waals surface area (Å²) in [5.74, 6) is 0. The Kier molecular flexibility index (Phi) is 4.70. The summed E-state index contributed by atoms with van der Waals surface area (Å²) < 4.78 is 29.1. The van der Waals surface area contributed by atoms with Crippen LogP contribution >= 0.6 is 15.9 Å². The van der Waals surface area contributed by atoms with Crippen LogP contribution in [-0.2, 0) is 20.8 Å². The molecule has 17 heavy (non-hydrogen) atoms. The van der Waals surface area contributed by atoms with Crippen LogP contribution in [0.1, 0.15) is 25.6 Å². The summed E-state index contributed by atoms with van der Waals surface area (Å²) in [6, 6.07) is 1.62. The van der Waals surface area contributed by atoms with Gasteiger partial charge in [0.15, 0.2) is 0 Å². The van der Waals surface area contributed by atoms with E-state index in [9.17, 15) is 8.42 Å². The van der Waals surface area contributed by atoms with Gasteiger partial charge in [-0.25, -0.2) is 0 Å². The Morgan fingerprint density at radius 2 is 2.18 bits per heavy atom. The van der Waals surface area contributed by atoms with Crippen LogP contribution in [0.3, 0.4) is 0 Å². The lowest BCUT2D eigenvalue weighted by Crippen LogP contribution is -2.23. The minimum absolute atomic E-state index is 0.181. The molecule has 1 aromatic heterocycles. The third-order valence-corrected chi connectivity index (χ3v) is 3.08. The number of nitrogens with two attached hydrogens (primary N) is 1. The van der Waals surface area contributed by atoms with Gasteiger partial charge >= 0.3 is 0 Å². The molecule has 0 aliphatic heterocycles. The standard InChI is InChI=1S/C9H16BrN3O3S/c1-6(16-17(3,14)15)5-13-8(7(2)11)4-9(10)12-13/h4,6-7H,5,11H2,1-3H3/t6-,7-/m0/s1. The van der Waals surface area contributed by atoms with Gasteiger partial charge in [-0.15, -0.1) is 0 Å². The number of nitrogens with zero attached hydrogens (tertiary/aromatic N) is 2. The summed E-state index contributed by atoms with van der Waals surface area (Å²) in [4.78, 5) is 0. The Hall–Kier alpha value is -0.440. The Balaban J connectivity index is 2.81. The van der Waals surface area contributed by atoms with Crippen molar-refractivity contribution < 1.29 is 12.6 Å². The first-order chi connectivity index (χ1) is 7.69. The first kappa shape index (κ1) is 14.6. The smallest absolute Gasteiger partial charge is 0.264 e. The average Bonchev–Trinajstić information content (AvgIpc) is 2.42. The van der Waals surface area contributed by atoms with Gasteiger partial charge < -0.3 is 5.73 Å². The topological polar surface area (TPSA) is 87.2 Å². The van der Waals surface area contributed by atoms with Gasteiger partial charge in [0.05, 0.1) is 24.6 Å². The zero-order valence-electron chi connectivity index (χ0n) is 9.92. The summed E-state index contributed by atoms with van der Waals surface area (Å²) in [5, 5.41) is 4.18. The van der Waals surface area contributed by atoms with Crippen molar-refractivity contribution >= 4 is 26.0 Å². The molecule has 1 rings (SSSR count). The maximum atomic E-state index is 11.0. The quantitative estimate of drug-likeness (QED) is 0.817. The third-order valence-electron chi connectivity index (χ3n) is 2.02. The molecule has 0 bridgehead atoms. The molecule has 6 nitrogen and oxygen atoms in total. The molecule has 0 aromatic carbocycles. The van der Waals surface area contributed by atoms with E-state index < -0.39 is 16.2 Å². The lowest BCUT2D eigenvalue weighted by Gasteiger charge is -2.14. The molecular weight excluding hydrogens is 310 g/mol. The summed E-state index contributed by atoms with van der Waals surface area (Å²) >= 11 is 3.26. The molecule has 0 saturated heterocycles. The summed E-state index contributed by atoms with van der Waals surface area (Å²) in [6.45, 7) is 3.83. The molecule has 0 amide bonds. The number of hydrogen-bond acceptors (Lipinski definition) is 5. The molecule has 0 spiro atoms. The van der Waals surface area contributed by atoms with E-state index in [0.717, 1.165) is 11.9 Å². The molecule has 0 unspecified atom stereocenters. The highest BCUT2D eigenvalue weighted by molar-refractivity contribution is 9.10. The molecule has 0 aliphatic carbocycles. The highest BCUT2D eigenvalue weighted by Gasteiger charge is 2.16. The molecule has 0 radical (unpaired) electrons. The van der Waals surface area contributed by atoms with Crippen LogP contribution in [0.2, 0.25) is 0 Å². The Morgan fingerprint density at radius 3 is 2.65 bits per heavy atom. The van der Waals surface area contributed by atoms with Crippen LogP contribution in [0.25, 0.3) is 0 Å². The Bertz CT molecular complexity index is 484. The van der Waals surface area contributed by atoms with Gasteiger partial charge in [0.1, 0.15) is 4.60 Å². The van der Waals surface area contributed by atoms with Crippen molar-refractivity contribution in [3.05, 3.63) is 16.4 Å². The van der Waals surface area contributed by atoms with Crippen LogP contribution in [-0.4, -0.2) is 30.6 Å². The zero-order valence-corrected chi connectivity index (χ0v) is 12.3. The second-order valence-electron chi connectivity index (χ2n) is 3.97. The van der Waals surface area contributed by atoms with Crippen LogP contribution in [0, 0.1) is 0 Å². The van der Waals surface area contributed by atoms with E-state index in [0.29, 0.717) is 11.1 Å². The number of rotatable bonds is 5. The first-order valence-corrected chi connectivity index (χ1v) is 7.67. The van der Waals surface area contributed by atoms with E-state index in [4.69, 9.17) is 9.92 Å².